The van der Waals surface area contributed by atoms with Crippen molar-refractivity contribution in [3.63, 3.8) is 0 Å². The Balaban J connectivity index is 0.000000254. The fourth-order valence-electron chi connectivity index (χ4n) is 1.99. The van der Waals surface area contributed by atoms with Gasteiger partial charge in [0.05, 0.1) is 0 Å². The molecule has 3 rings (SSSR count). The van der Waals surface area contributed by atoms with Crippen molar-refractivity contribution in [3.8, 4) is 0 Å². The lowest BCUT2D eigenvalue weighted by Crippen LogP contribution is -1.93. The topological polar surface area (TPSA) is 41.1 Å². The summed E-state index contributed by atoms with van der Waals surface area (Å²) >= 11 is 4.89. The second-order valence-corrected chi connectivity index (χ2v) is 7.45. The monoisotopic (exact) mass is 428 g/mol. The minimum atomic E-state index is 0.673. The van der Waals surface area contributed by atoms with Gasteiger partial charge in [-0.2, -0.15) is 0 Å². The van der Waals surface area contributed by atoms with Crippen molar-refractivity contribution in [2.75, 3.05) is 10.0 Å². The van der Waals surface area contributed by atoms with E-state index in [-0.39, 0.29) is 0 Å². The summed E-state index contributed by atoms with van der Waals surface area (Å²) in [6, 6.07) is 24.1. The number of hydrogen-bond donors (Lipinski definition) is 2. The van der Waals surface area contributed by atoms with Crippen LogP contribution >= 0.6 is 27.9 Å². The Morgan fingerprint density at radius 2 is 1.46 bits per heavy atom. The molecule has 3 aromatic rings. The van der Waals surface area contributed by atoms with Crippen molar-refractivity contribution in [2.24, 2.45) is 0 Å². The lowest BCUT2D eigenvalue weighted by atomic mass is 10.2. The number of amides is 1. The summed E-state index contributed by atoms with van der Waals surface area (Å²) in [5, 5.41) is 2.63. The Morgan fingerprint density at radius 1 is 0.846 bits per heavy atom. The molecule has 0 radical (unpaired) electrons. The molecule has 1 amide bonds. The van der Waals surface area contributed by atoms with E-state index in [9.17, 15) is 4.79 Å². The highest BCUT2D eigenvalue weighted by Crippen LogP contribution is 2.24. The van der Waals surface area contributed by atoms with Gasteiger partial charge in [-0.05, 0) is 68.3 Å². The van der Waals surface area contributed by atoms with E-state index in [1.807, 2.05) is 48.5 Å². The number of halogens is 1. The average Bonchev–Trinajstić information content (AvgIpc) is 2.65. The summed E-state index contributed by atoms with van der Waals surface area (Å²) in [4.78, 5) is 11.4. The second-order valence-electron chi connectivity index (χ2n) is 5.66. The van der Waals surface area contributed by atoms with E-state index < -0.39 is 0 Å². The van der Waals surface area contributed by atoms with Gasteiger partial charge < -0.3 is 10.0 Å². The molecule has 0 bridgehead atoms. The number of carbonyl (C=O) groups is 1. The van der Waals surface area contributed by atoms with E-state index in [0.29, 0.717) is 6.41 Å². The molecule has 0 atom stereocenters. The van der Waals surface area contributed by atoms with Crippen LogP contribution in [0.1, 0.15) is 11.1 Å². The Labute approximate surface area is 167 Å². The largest absolute Gasteiger partial charge is 0.329 e. The number of nitrogens with one attached hydrogen (secondary N) is 2. The molecule has 0 heterocycles. The van der Waals surface area contributed by atoms with E-state index in [4.69, 9.17) is 0 Å². The third kappa shape index (κ3) is 7.33. The highest BCUT2D eigenvalue weighted by atomic mass is 79.9. The highest BCUT2D eigenvalue weighted by Gasteiger charge is 1.97. The van der Waals surface area contributed by atoms with E-state index in [1.54, 1.807) is 0 Å². The molecular weight excluding hydrogens is 408 g/mol. The summed E-state index contributed by atoms with van der Waals surface area (Å²) in [6.07, 6.45) is 0.673. The summed E-state index contributed by atoms with van der Waals surface area (Å²) < 4.78 is 4.29. The molecule has 0 aliphatic heterocycles. The van der Waals surface area contributed by atoms with Crippen LogP contribution in [0.3, 0.4) is 0 Å². The number of benzene rings is 3. The normalized spacial score (nSPS) is 9.65. The summed E-state index contributed by atoms with van der Waals surface area (Å²) in [6.45, 7) is 4.19. The first-order chi connectivity index (χ1) is 12.6. The number of carbonyl (C=O) groups excluding carboxylic acids is 1. The number of anilines is 2. The van der Waals surface area contributed by atoms with Gasteiger partial charge in [-0.15, -0.1) is 0 Å². The fourth-order valence-corrected chi connectivity index (χ4v) is 2.96. The standard InChI is InChI=1S/C13H11BrN2OS.C8H10/c14-10-4-6-11(7-5-10)16-18-13-3-1-2-12(8-13)15-9-17;1-7-3-5-8(2)6-4-7/h1-9,16H,(H,15,17);3-6H,1-2H3. The van der Waals surface area contributed by atoms with Crippen LogP contribution in [0.15, 0.2) is 82.2 Å². The van der Waals surface area contributed by atoms with Crippen LogP contribution in [0.5, 0.6) is 0 Å². The molecule has 134 valence electrons. The fraction of sp³-hybridized carbons (Fsp3) is 0.0952. The maximum atomic E-state index is 10.4. The first kappa shape index (κ1) is 20.1. The Morgan fingerprint density at radius 3 is 2.04 bits per heavy atom. The first-order valence-corrected chi connectivity index (χ1v) is 9.70. The summed E-state index contributed by atoms with van der Waals surface area (Å²) in [5.74, 6) is 0. The van der Waals surface area contributed by atoms with Gasteiger partial charge in [-0.25, -0.2) is 0 Å². The zero-order valence-corrected chi connectivity index (χ0v) is 17.1. The molecule has 0 aliphatic carbocycles. The molecule has 0 fully saturated rings. The molecule has 26 heavy (non-hydrogen) atoms. The number of aryl methyl sites for hydroxylation is 2. The smallest absolute Gasteiger partial charge is 0.211 e. The van der Waals surface area contributed by atoms with Crippen LogP contribution in [0, 0.1) is 13.8 Å². The molecule has 0 spiro atoms. The van der Waals surface area contributed by atoms with Gasteiger partial charge in [-0.3, -0.25) is 4.79 Å². The van der Waals surface area contributed by atoms with Crippen molar-refractivity contribution < 1.29 is 4.79 Å². The lowest BCUT2D eigenvalue weighted by Gasteiger charge is -2.06. The second kappa shape index (κ2) is 10.7. The van der Waals surface area contributed by atoms with Crippen LogP contribution in [-0.4, -0.2) is 6.41 Å². The van der Waals surface area contributed by atoms with Gasteiger partial charge in [-0.1, -0.05) is 57.4 Å². The Kier molecular flexibility index (Phi) is 8.25. The van der Waals surface area contributed by atoms with Crippen molar-refractivity contribution in [1.29, 1.82) is 0 Å². The van der Waals surface area contributed by atoms with Gasteiger partial charge in [0.2, 0.25) is 6.41 Å². The van der Waals surface area contributed by atoms with Gasteiger partial charge >= 0.3 is 0 Å². The maximum Gasteiger partial charge on any atom is 0.211 e. The zero-order chi connectivity index (χ0) is 18.8. The minimum absolute atomic E-state index is 0.673. The third-order valence-corrected chi connectivity index (χ3v) is 4.76. The predicted molar refractivity (Wildman–Crippen MR) is 116 cm³/mol. The zero-order valence-electron chi connectivity index (χ0n) is 14.7. The van der Waals surface area contributed by atoms with E-state index >= 15 is 0 Å². The summed E-state index contributed by atoms with van der Waals surface area (Å²) in [5.41, 5.74) is 4.47. The molecule has 0 aliphatic rings. The molecule has 0 saturated heterocycles. The van der Waals surface area contributed by atoms with Gasteiger partial charge in [0.25, 0.3) is 0 Å². The Bertz CT molecular complexity index is 799. The van der Waals surface area contributed by atoms with Crippen molar-refractivity contribution in [2.45, 2.75) is 18.7 Å². The van der Waals surface area contributed by atoms with Crippen LogP contribution in [0.25, 0.3) is 0 Å². The van der Waals surface area contributed by atoms with Crippen LogP contribution in [-0.2, 0) is 4.79 Å². The molecule has 2 N–H and O–H groups in total. The van der Waals surface area contributed by atoms with Crippen LogP contribution in [0.2, 0.25) is 0 Å². The Hall–Kier alpha value is -2.24. The van der Waals surface area contributed by atoms with Crippen molar-refractivity contribution >= 4 is 45.7 Å². The highest BCUT2D eigenvalue weighted by molar-refractivity contribution is 9.10. The SMILES string of the molecule is Cc1ccc(C)cc1.O=CNc1cccc(SNc2ccc(Br)cc2)c1. The van der Waals surface area contributed by atoms with Gasteiger partial charge in [0.15, 0.2) is 0 Å². The first-order valence-electron chi connectivity index (χ1n) is 8.09. The van der Waals surface area contributed by atoms with Crippen LogP contribution in [0.4, 0.5) is 11.4 Å². The average molecular weight is 429 g/mol. The van der Waals surface area contributed by atoms with Gasteiger partial charge in [0, 0.05) is 20.7 Å². The lowest BCUT2D eigenvalue weighted by molar-refractivity contribution is -0.105. The quantitative estimate of drug-likeness (QED) is 0.362. The van der Waals surface area contributed by atoms with Crippen molar-refractivity contribution in [1.82, 2.24) is 0 Å². The molecule has 3 aromatic carbocycles. The van der Waals surface area contributed by atoms with Gasteiger partial charge in [0.1, 0.15) is 0 Å². The molecule has 3 nitrogen and oxygen atoms in total. The number of rotatable bonds is 5. The maximum absolute atomic E-state index is 10.4. The predicted octanol–water partition coefficient (Wildman–Crippen LogP) is 6.44. The van der Waals surface area contributed by atoms with E-state index in [2.05, 4.69) is 64.1 Å². The van der Waals surface area contributed by atoms with Crippen LogP contribution < -0.4 is 10.0 Å². The molecule has 0 aromatic heterocycles. The molecule has 0 saturated carbocycles. The molecule has 0 unspecified atom stereocenters. The minimum Gasteiger partial charge on any atom is -0.329 e. The van der Waals surface area contributed by atoms with E-state index in [1.165, 1.54) is 23.1 Å². The van der Waals surface area contributed by atoms with E-state index in [0.717, 1.165) is 20.7 Å². The summed E-state index contributed by atoms with van der Waals surface area (Å²) in [7, 11) is 0. The third-order valence-electron chi connectivity index (χ3n) is 3.41. The molecule has 5 heteroatoms. The van der Waals surface area contributed by atoms with Crippen molar-refractivity contribution in [3.05, 3.63) is 88.4 Å². The number of hydrogen-bond acceptors (Lipinski definition) is 3. The molecular formula is C21H21BrN2OS.